The highest BCUT2D eigenvalue weighted by atomic mass is 35.5. The molecule has 1 aromatic rings. The summed E-state index contributed by atoms with van der Waals surface area (Å²) in [5, 5.41) is 0. The van der Waals surface area contributed by atoms with E-state index < -0.39 is 11.6 Å². The van der Waals surface area contributed by atoms with E-state index in [0.29, 0.717) is 0 Å². The summed E-state index contributed by atoms with van der Waals surface area (Å²) in [6.45, 7) is 3.51. The molecular weight excluding hydrogens is 194 g/mol. The molecule has 0 N–H and O–H groups in total. The molecule has 1 unspecified atom stereocenters. The second-order valence-corrected chi connectivity index (χ2v) is 2.95. The molecule has 0 bridgehead atoms. The van der Waals surface area contributed by atoms with Gasteiger partial charge in [0.1, 0.15) is 0 Å². The second-order valence-electron chi connectivity index (χ2n) is 2.64. The van der Waals surface area contributed by atoms with E-state index in [1.807, 2.05) is 0 Å². The molecule has 13 heavy (non-hydrogen) atoms. The molecule has 0 nitrogen and oxygen atoms in total. The number of alkyl halides is 1. The first kappa shape index (κ1) is 10.2. The molecule has 0 aromatic heterocycles. The fourth-order valence-corrected chi connectivity index (χ4v) is 1.37. The van der Waals surface area contributed by atoms with Crippen LogP contribution >= 0.6 is 11.6 Å². The number of hydrogen-bond donors (Lipinski definition) is 0. The minimum atomic E-state index is -0.852. The molecule has 0 aliphatic rings. The van der Waals surface area contributed by atoms with Gasteiger partial charge >= 0.3 is 0 Å². The van der Waals surface area contributed by atoms with E-state index in [2.05, 4.69) is 6.58 Å². The minimum Gasteiger partial charge on any atom is -0.204 e. The Hall–Kier alpha value is -0.890. The zero-order valence-corrected chi connectivity index (χ0v) is 7.69. The van der Waals surface area contributed by atoms with Crippen LogP contribution in [0.5, 0.6) is 0 Å². The number of hydrogen-bond acceptors (Lipinski definition) is 0. The predicted octanol–water partition coefficient (Wildman–Crippen LogP) is 3.47. The SMILES string of the molecule is C=CC(CCl)c1cccc(F)c1F. The van der Waals surface area contributed by atoms with E-state index >= 15 is 0 Å². The first-order valence-corrected chi connectivity index (χ1v) is 4.36. The van der Waals surface area contributed by atoms with Gasteiger partial charge in [0, 0.05) is 11.8 Å². The molecule has 0 saturated heterocycles. The molecule has 0 spiro atoms. The van der Waals surface area contributed by atoms with Gasteiger partial charge in [0.2, 0.25) is 0 Å². The highest BCUT2D eigenvalue weighted by Gasteiger charge is 2.14. The van der Waals surface area contributed by atoms with Crippen molar-refractivity contribution in [3.05, 3.63) is 48.1 Å². The van der Waals surface area contributed by atoms with Gasteiger partial charge in [-0.1, -0.05) is 18.2 Å². The minimum absolute atomic E-state index is 0.198. The quantitative estimate of drug-likeness (QED) is 0.520. The van der Waals surface area contributed by atoms with E-state index in [-0.39, 0.29) is 17.4 Å². The summed E-state index contributed by atoms with van der Waals surface area (Å²) in [6.07, 6.45) is 1.50. The van der Waals surface area contributed by atoms with Gasteiger partial charge in [0.05, 0.1) is 0 Å². The van der Waals surface area contributed by atoms with Crippen LogP contribution in [0.1, 0.15) is 11.5 Å². The van der Waals surface area contributed by atoms with Gasteiger partial charge < -0.3 is 0 Å². The maximum Gasteiger partial charge on any atom is 0.162 e. The number of allylic oxidation sites excluding steroid dienone is 1. The van der Waals surface area contributed by atoms with E-state index in [1.165, 1.54) is 18.2 Å². The maximum absolute atomic E-state index is 13.1. The van der Waals surface area contributed by atoms with Crippen LogP contribution in [0, 0.1) is 11.6 Å². The summed E-state index contributed by atoms with van der Waals surface area (Å²) in [7, 11) is 0. The Kier molecular flexibility index (Phi) is 3.43. The summed E-state index contributed by atoms with van der Waals surface area (Å²) in [5.41, 5.74) is 0.255. The van der Waals surface area contributed by atoms with Gasteiger partial charge in [-0.05, 0) is 11.6 Å². The second kappa shape index (κ2) is 4.38. The summed E-state index contributed by atoms with van der Waals surface area (Å²) in [4.78, 5) is 0. The molecule has 0 fully saturated rings. The van der Waals surface area contributed by atoms with Crippen LogP contribution in [0.4, 0.5) is 8.78 Å². The third-order valence-corrected chi connectivity index (χ3v) is 2.16. The fraction of sp³-hybridized carbons (Fsp3) is 0.200. The van der Waals surface area contributed by atoms with Crippen molar-refractivity contribution >= 4 is 11.6 Å². The molecule has 70 valence electrons. The summed E-state index contributed by atoms with van der Waals surface area (Å²) >= 11 is 5.57. The van der Waals surface area contributed by atoms with Crippen molar-refractivity contribution in [3.8, 4) is 0 Å². The van der Waals surface area contributed by atoms with Crippen LogP contribution in [0.25, 0.3) is 0 Å². The monoisotopic (exact) mass is 202 g/mol. The Morgan fingerprint density at radius 2 is 2.15 bits per heavy atom. The Balaban J connectivity index is 3.13. The van der Waals surface area contributed by atoms with Gasteiger partial charge in [-0.15, -0.1) is 18.2 Å². The summed E-state index contributed by atoms with van der Waals surface area (Å²) in [5.74, 6) is -1.83. The maximum atomic E-state index is 13.1. The number of benzene rings is 1. The predicted molar refractivity (Wildman–Crippen MR) is 50.0 cm³/mol. The largest absolute Gasteiger partial charge is 0.204 e. The van der Waals surface area contributed by atoms with Gasteiger partial charge in [0.15, 0.2) is 11.6 Å². The first-order chi connectivity index (χ1) is 6.20. The lowest BCUT2D eigenvalue weighted by molar-refractivity contribution is 0.497. The molecular formula is C10H9ClF2. The third-order valence-electron chi connectivity index (χ3n) is 1.83. The van der Waals surface area contributed by atoms with E-state index in [0.717, 1.165) is 6.07 Å². The molecule has 1 rings (SSSR count). The lowest BCUT2D eigenvalue weighted by Crippen LogP contribution is -2.01. The molecule has 1 atom stereocenters. The van der Waals surface area contributed by atoms with E-state index in [9.17, 15) is 8.78 Å². The number of rotatable bonds is 3. The zero-order chi connectivity index (χ0) is 9.84. The molecule has 0 aliphatic heterocycles. The van der Waals surface area contributed by atoms with Crippen molar-refractivity contribution in [1.29, 1.82) is 0 Å². The van der Waals surface area contributed by atoms with Gasteiger partial charge in [-0.2, -0.15) is 0 Å². The van der Waals surface area contributed by atoms with Crippen LogP contribution in [-0.4, -0.2) is 5.88 Å². The average Bonchev–Trinajstić information content (AvgIpc) is 2.14. The van der Waals surface area contributed by atoms with Crippen LogP contribution < -0.4 is 0 Å². The van der Waals surface area contributed by atoms with Gasteiger partial charge in [0.25, 0.3) is 0 Å². The Morgan fingerprint density at radius 1 is 1.46 bits per heavy atom. The lowest BCUT2D eigenvalue weighted by atomic mass is 10.0. The zero-order valence-electron chi connectivity index (χ0n) is 6.93. The Labute approximate surface area is 80.8 Å². The highest BCUT2D eigenvalue weighted by molar-refractivity contribution is 6.18. The number of halogens is 3. The fourth-order valence-electron chi connectivity index (χ4n) is 1.08. The molecule has 0 radical (unpaired) electrons. The van der Waals surface area contributed by atoms with Crippen LogP contribution in [-0.2, 0) is 0 Å². The van der Waals surface area contributed by atoms with Crippen molar-refractivity contribution < 1.29 is 8.78 Å². The average molecular weight is 203 g/mol. The molecule has 0 amide bonds. The van der Waals surface area contributed by atoms with Gasteiger partial charge in [-0.3, -0.25) is 0 Å². The van der Waals surface area contributed by atoms with Crippen molar-refractivity contribution in [2.24, 2.45) is 0 Å². The summed E-state index contributed by atoms with van der Waals surface area (Å²) < 4.78 is 25.9. The molecule has 0 saturated carbocycles. The lowest BCUT2D eigenvalue weighted by Gasteiger charge is -2.09. The molecule has 3 heteroatoms. The standard InChI is InChI=1S/C10H9ClF2/c1-2-7(6-11)8-4-3-5-9(12)10(8)13/h2-5,7H,1,6H2. The Bertz CT molecular complexity index is 310. The molecule has 1 aromatic carbocycles. The van der Waals surface area contributed by atoms with Crippen molar-refractivity contribution in [3.63, 3.8) is 0 Å². The Morgan fingerprint density at radius 3 is 2.69 bits per heavy atom. The summed E-state index contributed by atoms with van der Waals surface area (Å²) in [6, 6.07) is 4.04. The van der Waals surface area contributed by atoms with Crippen LogP contribution in [0.15, 0.2) is 30.9 Å². The molecule has 0 heterocycles. The highest BCUT2D eigenvalue weighted by Crippen LogP contribution is 2.22. The van der Waals surface area contributed by atoms with Crippen molar-refractivity contribution in [2.75, 3.05) is 5.88 Å². The van der Waals surface area contributed by atoms with E-state index in [1.54, 1.807) is 0 Å². The normalized spacial score (nSPS) is 12.5. The van der Waals surface area contributed by atoms with Crippen LogP contribution in [0.2, 0.25) is 0 Å². The first-order valence-electron chi connectivity index (χ1n) is 3.83. The smallest absolute Gasteiger partial charge is 0.162 e. The van der Waals surface area contributed by atoms with Gasteiger partial charge in [-0.25, -0.2) is 8.78 Å². The van der Waals surface area contributed by atoms with Crippen LogP contribution in [0.3, 0.4) is 0 Å². The van der Waals surface area contributed by atoms with Crippen molar-refractivity contribution in [2.45, 2.75) is 5.92 Å². The van der Waals surface area contributed by atoms with E-state index in [4.69, 9.17) is 11.6 Å². The van der Waals surface area contributed by atoms with Crippen molar-refractivity contribution in [1.82, 2.24) is 0 Å². The molecule has 0 aliphatic carbocycles. The third kappa shape index (κ3) is 2.07. The topological polar surface area (TPSA) is 0 Å².